The number of hydrogen-bond acceptors (Lipinski definition) is 4. The lowest BCUT2D eigenvalue weighted by Crippen LogP contribution is -2.40. The van der Waals surface area contributed by atoms with Crippen LogP contribution >= 0.6 is 0 Å². The van der Waals surface area contributed by atoms with E-state index in [0.29, 0.717) is 32.5 Å². The van der Waals surface area contributed by atoms with Crippen molar-refractivity contribution in [2.24, 2.45) is 11.8 Å². The van der Waals surface area contributed by atoms with Crippen LogP contribution in [0.1, 0.15) is 26.7 Å². The molecule has 0 spiro atoms. The van der Waals surface area contributed by atoms with Crippen LogP contribution in [0, 0.1) is 11.8 Å². The van der Waals surface area contributed by atoms with Gasteiger partial charge in [-0.05, 0) is 18.8 Å². The lowest BCUT2D eigenvalue weighted by Gasteiger charge is -2.24. The Labute approximate surface area is 138 Å². The second kappa shape index (κ2) is 6.76. The van der Waals surface area contributed by atoms with E-state index in [1.165, 1.54) is 9.21 Å². The summed E-state index contributed by atoms with van der Waals surface area (Å²) in [6.45, 7) is 5.10. The lowest BCUT2D eigenvalue weighted by molar-refractivity contribution is -0.134. The van der Waals surface area contributed by atoms with Crippen molar-refractivity contribution in [3.8, 4) is 0 Å². The van der Waals surface area contributed by atoms with Crippen LogP contribution < -0.4 is 0 Å². The number of fused-ring (bicyclic) bond motifs is 1. The average molecular weight is 345 g/mol. The molecular weight excluding hydrogens is 318 g/mol. The number of rotatable bonds is 3. The summed E-state index contributed by atoms with van der Waals surface area (Å²) in [6, 6.07) is 0. The fourth-order valence-corrected chi connectivity index (χ4v) is 5.51. The molecule has 132 valence electrons. The van der Waals surface area contributed by atoms with Crippen molar-refractivity contribution in [1.82, 2.24) is 14.1 Å². The number of nitrogens with zero attached hydrogens (tertiary/aromatic N) is 3. The minimum Gasteiger partial charge on any atom is -0.348 e. The maximum Gasteiger partial charge on any atom is 0.237 e. The van der Waals surface area contributed by atoms with Gasteiger partial charge in [0, 0.05) is 39.6 Å². The maximum atomic E-state index is 12.7. The summed E-state index contributed by atoms with van der Waals surface area (Å²) in [6.07, 6.45) is 1.13. The number of amides is 2. The van der Waals surface area contributed by atoms with Gasteiger partial charge in [-0.25, -0.2) is 8.42 Å². The van der Waals surface area contributed by atoms with Gasteiger partial charge in [-0.15, -0.1) is 0 Å². The number of hydrogen-bond donors (Lipinski definition) is 0. The van der Waals surface area contributed by atoms with Crippen molar-refractivity contribution in [3.05, 3.63) is 0 Å². The highest BCUT2D eigenvalue weighted by molar-refractivity contribution is 7.90. The Morgan fingerprint density at radius 1 is 1.17 bits per heavy atom. The third-order valence-electron chi connectivity index (χ3n) is 4.78. The number of carbonyl (C=O) groups is 2. The first-order valence-electron chi connectivity index (χ1n) is 8.12. The first-order valence-corrected chi connectivity index (χ1v) is 9.62. The molecule has 2 rings (SSSR count). The first kappa shape index (κ1) is 18.2. The van der Waals surface area contributed by atoms with Crippen LogP contribution in [0.3, 0.4) is 0 Å². The molecule has 0 saturated carbocycles. The van der Waals surface area contributed by atoms with Crippen molar-refractivity contribution >= 4 is 21.8 Å². The van der Waals surface area contributed by atoms with E-state index in [1.807, 2.05) is 13.8 Å². The van der Waals surface area contributed by atoms with Crippen molar-refractivity contribution in [2.45, 2.75) is 31.9 Å². The number of likely N-dealkylation sites (tertiary alicyclic amines) is 1. The molecule has 0 aromatic carbocycles. The van der Waals surface area contributed by atoms with Gasteiger partial charge >= 0.3 is 0 Å². The molecule has 0 N–H and O–H groups in total. The lowest BCUT2D eigenvalue weighted by atomic mass is 10.0. The molecule has 23 heavy (non-hydrogen) atoms. The smallest absolute Gasteiger partial charge is 0.237 e. The minimum absolute atomic E-state index is 0.0000699. The van der Waals surface area contributed by atoms with Gasteiger partial charge in [-0.3, -0.25) is 9.59 Å². The van der Waals surface area contributed by atoms with E-state index >= 15 is 0 Å². The van der Waals surface area contributed by atoms with Crippen LogP contribution in [-0.2, 0) is 19.6 Å². The van der Waals surface area contributed by atoms with E-state index in [1.54, 1.807) is 19.0 Å². The van der Waals surface area contributed by atoms with Crippen LogP contribution in [-0.4, -0.2) is 79.9 Å². The van der Waals surface area contributed by atoms with Crippen LogP contribution in [0.25, 0.3) is 0 Å². The predicted octanol–water partition coefficient (Wildman–Crippen LogP) is -0.0168. The molecule has 0 aromatic rings. The third kappa shape index (κ3) is 3.68. The Morgan fingerprint density at radius 2 is 1.78 bits per heavy atom. The fourth-order valence-electron chi connectivity index (χ4n) is 3.33. The highest BCUT2D eigenvalue weighted by Gasteiger charge is 2.47. The summed E-state index contributed by atoms with van der Waals surface area (Å²) in [5.74, 6) is -0.192. The van der Waals surface area contributed by atoms with Crippen molar-refractivity contribution in [1.29, 1.82) is 0 Å². The van der Waals surface area contributed by atoms with Gasteiger partial charge < -0.3 is 9.80 Å². The van der Waals surface area contributed by atoms with Gasteiger partial charge in [0.2, 0.25) is 21.8 Å². The van der Waals surface area contributed by atoms with Crippen molar-refractivity contribution in [3.63, 3.8) is 0 Å². The summed E-state index contributed by atoms with van der Waals surface area (Å²) in [5.41, 5.74) is 0. The minimum atomic E-state index is -3.46. The molecule has 2 aliphatic heterocycles. The topological polar surface area (TPSA) is 78.0 Å². The Kier molecular flexibility index (Phi) is 5.35. The SMILES string of the molecule is CC(C)C(=O)N1CC[C@H]2CN(CC(=O)N(C)C)S(=O)(=O)[C@@H]2CC1. The highest BCUT2D eigenvalue weighted by atomic mass is 32.2. The van der Waals surface area contributed by atoms with Gasteiger partial charge in [-0.2, -0.15) is 4.31 Å². The van der Waals surface area contributed by atoms with Gasteiger partial charge in [0.25, 0.3) is 0 Å². The summed E-state index contributed by atoms with van der Waals surface area (Å²) in [4.78, 5) is 27.2. The maximum absolute atomic E-state index is 12.7. The number of likely N-dealkylation sites (N-methyl/N-ethyl adjacent to an activating group) is 1. The van der Waals surface area contributed by atoms with E-state index in [4.69, 9.17) is 0 Å². The van der Waals surface area contributed by atoms with Crippen LogP contribution in [0.15, 0.2) is 0 Å². The molecule has 0 aromatic heterocycles. The Hall–Kier alpha value is -1.15. The molecule has 0 radical (unpaired) electrons. The zero-order valence-corrected chi connectivity index (χ0v) is 15.2. The van der Waals surface area contributed by atoms with Crippen LogP contribution in [0.2, 0.25) is 0 Å². The summed E-state index contributed by atoms with van der Waals surface area (Å²) >= 11 is 0. The van der Waals surface area contributed by atoms with E-state index in [9.17, 15) is 18.0 Å². The quantitative estimate of drug-likeness (QED) is 0.720. The molecule has 0 bridgehead atoms. The second-order valence-corrected chi connectivity index (χ2v) is 9.13. The molecular formula is C15H27N3O4S. The summed E-state index contributed by atoms with van der Waals surface area (Å²) < 4.78 is 26.7. The standard InChI is InChI=1S/C15H27N3O4S/c1-11(2)15(20)17-7-5-12-9-18(10-14(19)16(3)4)23(21,22)13(12)6-8-17/h11-13H,5-10H2,1-4H3/t12-,13+/m0/s1. The molecule has 0 aliphatic carbocycles. The fraction of sp³-hybridized carbons (Fsp3) is 0.867. The first-order chi connectivity index (χ1) is 10.6. The van der Waals surface area contributed by atoms with E-state index < -0.39 is 15.3 Å². The Morgan fingerprint density at radius 3 is 2.35 bits per heavy atom. The predicted molar refractivity (Wildman–Crippen MR) is 87.1 cm³/mol. The summed E-state index contributed by atoms with van der Waals surface area (Å²) in [5, 5.41) is -0.470. The molecule has 2 fully saturated rings. The van der Waals surface area contributed by atoms with Crippen LogP contribution in [0.5, 0.6) is 0 Å². The van der Waals surface area contributed by atoms with Gasteiger partial charge in [0.1, 0.15) is 0 Å². The van der Waals surface area contributed by atoms with Crippen molar-refractivity contribution in [2.75, 3.05) is 40.3 Å². The molecule has 2 saturated heterocycles. The van der Waals surface area contributed by atoms with Gasteiger partial charge in [-0.1, -0.05) is 13.8 Å². The van der Waals surface area contributed by atoms with Crippen molar-refractivity contribution < 1.29 is 18.0 Å². The van der Waals surface area contributed by atoms with Gasteiger partial charge in [0.15, 0.2) is 0 Å². The molecule has 7 nitrogen and oxygen atoms in total. The van der Waals surface area contributed by atoms with E-state index in [0.717, 1.165) is 0 Å². The zero-order chi connectivity index (χ0) is 17.4. The number of sulfonamides is 1. The largest absolute Gasteiger partial charge is 0.348 e. The molecule has 2 aliphatic rings. The van der Waals surface area contributed by atoms with Gasteiger partial charge in [0.05, 0.1) is 11.8 Å². The summed E-state index contributed by atoms with van der Waals surface area (Å²) in [7, 11) is -0.214. The van der Waals surface area contributed by atoms with E-state index in [-0.39, 0.29) is 30.2 Å². The number of carbonyl (C=O) groups excluding carboxylic acids is 2. The molecule has 8 heteroatoms. The second-order valence-electron chi connectivity index (χ2n) is 6.98. The van der Waals surface area contributed by atoms with E-state index in [2.05, 4.69) is 0 Å². The normalized spacial score (nSPS) is 27.6. The average Bonchev–Trinajstić information content (AvgIpc) is 2.63. The zero-order valence-electron chi connectivity index (χ0n) is 14.4. The molecule has 0 unspecified atom stereocenters. The Bertz CT molecular complexity index is 573. The highest BCUT2D eigenvalue weighted by Crippen LogP contribution is 2.34. The Balaban J connectivity index is 2.08. The molecule has 2 heterocycles. The third-order valence-corrected chi connectivity index (χ3v) is 7.16. The molecule has 2 atom stereocenters. The molecule has 2 amide bonds. The van der Waals surface area contributed by atoms with Crippen LogP contribution in [0.4, 0.5) is 0 Å². The monoisotopic (exact) mass is 345 g/mol.